The van der Waals surface area contributed by atoms with Crippen molar-refractivity contribution in [2.45, 2.75) is 83.7 Å². The van der Waals surface area contributed by atoms with E-state index < -0.39 is 72.2 Å². The Labute approximate surface area is 292 Å². The number of rotatable bonds is 18. The summed E-state index contributed by atoms with van der Waals surface area (Å²) in [6.45, 7) is 9.05. The van der Waals surface area contributed by atoms with Gasteiger partial charge in [-0.1, -0.05) is 48.4 Å². The van der Waals surface area contributed by atoms with E-state index >= 15 is 0 Å². The molecule has 0 unspecified atom stereocenters. The van der Waals surface area contributed by atoms with Crippen molar-refractivity contribution in [1.82, 2.24) is 21.3 Å². The van der Waals surface area contributed by atoms with Gasteiger partial charge in [0.2, 0.25) is 23.6 Å². The van der Waals surface area contributed by atoms with Crippen molar-refractivity contribution in [3.8, 4) is 11.5 Å². The van der Waals surface area contributed by atoms with Gasteiger partial charge in [0.1, 0.15) is 24.7 Å². The third-order valence-electron chi connectivity index (χ3n) is 5.94. The molecule has 0 heterocycles. The van der Waals surface area contributed by atoms with E-state index in [0.29, 0.717) is 5.56 Å². The van der Waals surface area contributed by atoms with Crippen molar-refractivity contribution in [3.05, 3.63) is 23.8 Å². The van der Waals surface area contributed by atoms with E-state index in [1.54, 1.807) is 0 Å². The van der Waals surface area contributed by atoms with Crippen LogP contribution in [0.1, 0.15) is 59.9 Å². The lowest BCUT2D eigenvalue weighted by Gasteiger charge is -2.23. The maximum Gasteiger partial charge on any atom is 0.328 e. The summed E-state index contributed by atoms with van der Waals surface area (Å²) >= 11 is 0. The molecule has 49 heavy (non-hydrogen) atoms. The first kappa shape index (κ1) is 42.7. The molecule has 0 saturated heterocycles. The van der Waals surface area contributed by atoms with Gasteiger partial charge in [-0.3, -0.25) is 33.6 Å². The van der Waals surface area contributed by atoms with Gasteiger partial charge in [-0.2, -0.15) is 0 Å². The predicted octanol–water partition coefficient (Wildman–Crippen LogP) is 0.976. The van der Waals surface area contributed by atoms with Crippen molar-refractivity contribution in [2.75, 3.05) is 26.5 Å². The van der Waals surface area contributed by atoms with Crippen LogP contribution < -0.4 is 30.7 Å². The largest absolute Gasteiger partial charge is 0.468 e. The van der Waals surface area contributed by atoms with Crippen LogP contribution in [-0.2, 0) is 54.3 Å². The number of nitrogens with one attached hydrogen (secondary N) is 4. The van der Waals surface area contributed by atoms with Gasteiger partial charge < -0.3 is 40.2 Å². The number of carbonyl (C=O) groups is 8. The minimum atomic E-state index is -1.32. The molecule has 0 saturated carbocycles. The topological polar surface area (TPSA) is 222 Å². The third-order valence-corrected chi connectivity index (χ3v) is 9.29. The minimum absolute atomic E-state index is 0.0363. The fraction of sp³-hybridized carbons (Fsp3) is 0.548. The normalized spacial score (nSPS) is 12.7. The molecule has 16 nitrogen and oxygen atoms in total. The molecule has 0 aromatic heterocycles. The third kappa shape index (κ3) is 17.6. The highest BCUT2D eigenvalue weighted by molar-refractivity contribution is 8.77. The zero-order valence-corrected chi connectivity index (χ0v) is 30.3. The molecule has 18 heteroatoms. The van der Waals surface area contributed by atoms with Crippen LogP contribution >= 0.6 is 21.6 Å². The van der Waals surface area contributed by atoms with E-state index in [-0.39, 0.29) is 41.3 Å². The fourth-order valence-corrected chi connectivity index (χ4v) is 6.33. The second kappa shape index (κ2) is 20.9. The number of esters is 4. The molecule has 3 atom stereocenters. The first-order valence-corrected chi connectivity index (χ1v) is 17.3. The van der Waals surface area contributed by atoms with Gasteiger partial charge in [0.15, 0.2) is 11.5 Å². The van der Waals surface area contributed by atoms with Crippen molar-refractivity contribution >= 4 is 69.1 Å². The van der Waals surface area contributed by atoms with Crippen LogP contribution in [0.5, 0.6) is 11.5 Å². The van der Waals surface area contributed by atoms with E-state index in [2.05, 4.69) is 26.0 Å². The number of carbonyl (C=O) groups excluding carboxylic acids is 8. The summed E-state index contributed by atoms with van der Waals surface area (Å²) in [6.07, 6.45) is -0.682. The summed E-state index contributed by atoms with van der Waals surface area (Å²) in [6, 6.07) is 0.627. The minimum Gasteiger partial charge on any atom is -0.468 e. The molecule has 0 aliphatic carbocycles. The average Bonchev–Trinajstić information content (AvgIpc) is 3.00. The second-order valence-corrected chi connectivity index (χ2v) is 14.6. The van der Waals surface area contributed by atoms with Gasteiger partial charge >= 0.3 is 23.9 Å². The second-order valence-electron chi connectivity index (χ2n) is 11.4. The summed E-state index contributed by atoms with van der Waals surface area (Å²) in [5, 5.41) is 10.0. The van der Waals surface area contributed by atoms with Gasteiger partial charge in [-0.05, 0) is 24.1 Å². The van der Waals surface area contributed by atoms with Crippen LogP contribution in [-0.4, -0.2) is 96.9 Å². The first-order chi connectivity index (χ1) is 22.8. The number of methoxy groups -OCH3 is 2. The van der Waals surface area contributed by atoms with E-state index in [0.717, 1.165) is 14.0 Å². The highest BCUT2D eigenvalue weighted by Gasteiger charge is 2.29. The molecule has 272 valence electrons. The molecule has 0 aliphatic heterocycles. The Kier molecular flexibility index (Phi) is 18.2. The summed E-state index contributed by atoms with van der Waals surface area (Å²) in [4.78, 5) is 98.3. The molecule has 1 rings (SSSR count). The van der Waals surface area contributed by atoms with E-state index in [4.69, 9.17) is 14.2 Å². The number of amides is 4. The Hall–Kier alpha value is -4.32. The molecule has 1 aromatic rings. The number of hydrogen-bond acceptors (Lipinski definition) is 14. The van der Waals surface area contributed by atoms with Crippen LogP contribution in [0.25, 0.3) is 0 Å². The van der Waals surface area contributed by atoms with Crippen LogP contribution in [0.2, 0.25) is 0 Å². The standard InChI is InChI=1S/C31H44N4O12S2/c1-17(36)33-22(13-20-9-11-24(46-18(2)37)25(14-20)47-19(3)38)29(42)35-21(30(43)45-8)10-12-26(39)34-23(16-48-49-31(4,5)6)28(41)32-15-27(40)44-7/h9,11,14,21-23H,10,12-13,15-16H2,1-8H3,(H,32,41)(H,33,36)(H,34,39)(H,35,42)/t21-,22+,23-/m0/s1. The Morgan fingerprint density at radius 1 is 0.776 bits per heavy atom. The number of ether oxygens (including phenoxy) is 4. The van der Waals surface area contributed by atoms with Gasteiger partial charge in [-0.15, -0.1) is 0 Å². The quantitative estimate of drug-likeness (QED) is 0.0941. The number of hydrogen-bond donors (Lipinski definition) is 4. The molecule has 0 radical (unpaired) electrons. The lowest BCUT2D eigenvalue weighted by atomic mass is 10.0. The Morgan fingerprint density at radius 3 is 1.96 bits per heavy atom. The van der Waals surface area contributed by atoms with Gasteiger partial charge in [-0.25, -0.2) is 4.79 Å². The lowest BCUT2D eigenvalue weighted by Crippen LogP contribution is -2.53. The zero-order valence-electron chi connectivity index (χ0n) is 28.7. The van der Waals surface area contributed by atoms with Gasteiger partial charge in [0.25, 0.3) is 0 Å². The van der Waals surface area contributed by atoms with Crippen LogP contribution in [0.3, 0.4) is 0 Å². The van der Waals surface area contributed by atoms with E-state index in [1.807, 2.05) is 20.8 Å². The number of benzene rings is 1. The maximum atomic E-state index is 13.4. The Bertz CT molecular complexity index is 1380. The molecular formula is C31H44N4O12S2. The molecule has 4 amide bonds. The summed E-state index contributed by atoms with van der Waals surface area (Å²) in [7, 11) is 5.11. The molecule has 4 N–H and O–H groups in total. The Balaban J connectivity index is 3.09. The van der Waals surface area contributed by atoms with Crippen molar-refractivity contribution in [1.29, 1.82) is 0 Å². The summed E-state index contributed by atoms with van der Waals surface area (Å²) in [5.41, 5.74) is 0.397. The molecule has 0 aliphatic rings. The zero-order chi connectivity index (χ0) is 37.3. The Morgan fingerprint density at radius 2 is 1.41 bits per heavy atom. The molecule has 0 fully saturated rings. The summed E-state index contributed by atoms with van der Waals surface area (Å²) in [5.74, 6) is -5.44. The monoisotopic (exact) mass is 728 g/mol. The highest BCUT2D eigenvalue weighted by Crippen LogP contribution is 2.35. The van der Waals surface area contributed by atoms with Crippen LogP contribution in [0.4, 0.5) is 0 Å². The van der Waals surface area contributed by atoms with E-state index in [9.17, 15) is 38.4 Å². The van der Waals surface area contributed by atoms with Crippen molar-refractivity contribution < 1.29 is 57.3 Å². The smallest absolute Gasteiger partial charge is 0.328 e. The molecule has 0 bridgehead atoms. The molecule has 1 aromatic carbocycles. The molecule has 0 spiro atoms. The lowest BCUT2D eigenvalue weighted by molar-refractivity contribution is -0.145. The summed E-state index contributed by atoms with van der Waals surface area (Å²) < 4.78 is 19.4. The van der Waals surface area contributed by atoms with E-state index in [1.165, 1.54) is 60.7 Å². The predicted molar refractivity (Wildman–Crippen MR) is 180 cm³/mol. The fourth-order valence-electron chi connectivity index (χ4n) is 3.87. The van der Waals surface area contributed by atoms with Crippen LogP contribution in [0.15, 0.2) is 18.2 Å². The molecular weight excluding hydrogens is 684 g/mol. The van der Waals surface area contributed by atoms with Gasteiger partial charge in [0.05, 0.1) is 14.2 Å². The van der Waals surface area contributed by atoms with Crippen molar-refractivity contribution in [2.24, 2.45) is 0 Å². The SMILES string of the molecule is COC(=O)CNC(=O)[C@H](CSSC(C)(C)C)NC(=O)CC[C@H](NC(=O)[C@@H](Cc1ccc(OC(C)=O)c(OC(C)=O)c1)NC(C)=O)C(=O)OC. The first-order valence-electron chi connectivity index (χ1n) is 14.9. The average molecular weight is 729 g/mol. The maximum absolute atomic E-state index is 13.4. The van der Waals surface area contributed by atoms with Crippen molar-refractivity contribution in [3.63, 3.8) is 0 Å². The highest BCUT2D eigenvalue weighted by atomic mass is 33.1. The van der Waals surface area contributed by atoms with Gasteiger partial charge in [0, 0.05) is 44.1 Å². The van der Waals surface area contributed by atoms with Crippen LogP contribution in [0, 0.1) is 0 Å².